The van der Waals surface area contributed by atoms with Gasteiger partial charge in [-0.25, -0.2) is 4.98 Å². The normalized spacial score (nSPS) is 21.9. The molecule has 1 fully saturated rings. The van der Waals surface area contributed by atoms with Crippen LogP contribution >= 0.6 is 0 Å². The first-order valence-corrected chi connectivity index (χ1v) is 8.09. The van der Waals surface area contributed by atoms with E-state index < -0.39 is 0 Å². The van der Waals surface area contributed by atoms with Crippen molar-refractivity contribution in [3.05, 3.63) is 23.9 Å². The van der Waals surface area contributed by atoms with Crippen molar-refractivity contribution in [2.75, 3.05) is 18.9 Å². The van der Waals surface area contributed by atoms with Crippen LogP contribution in [0.1, 0.15) is 56.3 Å². The summed E-state index contributed by atoms with van der Waals surface area (Å²) in [4.78, 5) is 19.0. The van der Waals surface area contributed by atoms with E-state index in [9.17, 15) is 4.79 Å². The van der Waals surface area contributed by atoms with Crippen molar-refractivity contribution in [2.24, 2.45) is 5.92 Å². The number of carbonyl (C=O) groups excluding carboxylic acids is 1. The van der Waals surface area contributed by atoms with Gasteiger partial charge in [0.1, 0.15) is 5.82 Å². The number of rotatable bonds is 5. The van der Waals surface area contributed by atoms with Gasteiger partial charge in [-0.05, 0) is 37.3 Å². The fraction of sp³-hybridized carbons (Fsp3) is 0.647. The second-order valence-electron chi connectivity index (χ2n) is 6.17. The van der Waals surface area contributed by atoms with Crippen LogP contribution in [0.3, 0.4) is 0 Å². The Kier molecular flexibility index (Phi) is 5.59. The molecule has 0 bridgehead atoms. The summed E-state index contributed by atoms with van der Waals surface area (Å²) in [6.07, 6.45) is 7.48. The minimum absolute atomic E-state index is 0.0841. The molecule has 116 valence electrons. The highest BCUT2D eigenvalue weighted by atomic mass is 16.2. The highest BCUT2D eigenvalue weighted by Gasteiger charge is 2.27. The lowest BCUT2D eigenvalue weighted by Crippen LogP contribution is -2.40. The lowest BCUT2D eigenvalue weighted by Gasteiger charge is -2.34. The zero-order chi connectivity index (χ0) is 15.2. The van der Waals surface area contributed by atoms with Gasteiger partial charge in [-0.15, -0.1) is 0 Å². The number of aromatic nitrogens is 1. The summed E-state index contributed by atoms with van der Waals surface area (Å²) in [6, 6.07) is 4.07. The summed E-state index contributed by atoms with van der Waals surface area (Å²) in [6.45, 7) is 5.22. The van der Waals surface area contributed by atoms with Crippen molar-refractivity contribution in [2.45, 2.75) is 52.0 Å². The van der Waals surface area contributed by atoms with Crippen LogP contribution in [0.5, 0.6) is 0 Å². The van der Waals surface area contributed by atoms with Crippen LogP contribution in [-0.2, 0) is 0 Å². The van der Waals surface area contributed by atoms with Crippen LogP contribution < -0.4 is 5.32 Å². The molecule has 0 aromatic carbocycles. The van der Waals surface area contributed by atoms with Gasteiger partial charge in [-0.1, -0.05) is 26.7 Å². The number of amides is 1. The Hall–Kier alpha value is -1.58. The summed E-state index contributed by atoms with van der Waals surface area (Å²) in [7, 11) is 1.93. The van der Waals surface area contributed by atoms with Crippen molar-refractivity contribution < 1.29 is 4.79 Å². The van der Waals surface area contributed by atoms with E-state index in [2.05, 4.69) is 24.1 Å². The van der Waals surface area contributed by atoms with E-state index in [0.717, 1.165) is 25.8 Å². The zero-order valence-electron chi connectivity index (χ0n) is 13.4. The van der Waals surface area contributed by atoms with Crippen LogP contribution in [0.15, 0.2) is 18.3 Å². The van der Waals surface area contributed by atoms with Crippen LogP contribution in [-0.4, -0.2) is 35.4 Å². The molecule has 1 aliphatic rings. The number of hydrogen-bond donors (Lipinski definition) is 1. The Bertz CT molecular complexity index is 475. The van der Waals surface area contributed by atoms with Crippen LogP contribution in [0, 0.1) is 5.92 Å². The van der Waals surface area contributed by atoms with Gasteiger partial charge in [-0.2, -0.15) is 0 Å². The zero-order valence-corrected chi connectivity index (χ0v) is 13.4. The molecule has 21 heavy (non-hydrogen) atoms. The molecule has 1 aliphatic carbocycles. The van der Waals surface area contributed by atoms with Crippen molar-refractivity contribution >= 4 is 11.7 Å². The molecule has 4 nitrogen and oxygen atoms in total. The quantitative estimate of drug-likeness (QED) is 0.901. The number of pyridine rings is 1. The third-order valence-corrected chi connectivity index (χ3v) is 4.36. The Morgan fingerprint density at radius 2 is 2.29 bits per heavy atom. The summed E-state index contributed by atoms with van der Waals surface area (Å²) in [5, 5.41) is 3.25. The van der Waals surface area contributed by atoms with Gasteiger partial charge in [0, 0.05) is 25.8 Å². The van der Waals surface area contributed by atoms with E-state index in [0.29, 0.717) is 23.3 Å². The number of carbonyl (C=O) groups is 1. The molecule has 0 saturated heterocycles. The predicted molar refractivity (Wildman–Crippen MR) is 86.5 cm³/mol. The molecular weight excluding hydrogens is 262 g/mol. The van der Waals surface area contributed by atoms with E-state index in [1.807, 2.05) is 24.1 Å². The van der Waals surface area contributed by atoms with Gasteiger partial charge in [0.25, 0.3) is 5.91 Å². The second kappa shape index (κ2) is 7.43. The van der Waals surface area contributed by atoms with Gasteiger partial charge in [0.15, 0.2) is 0 Å². The molecule has 1 heterocycles. The minimum Gasteiger partial charge on any atom is -0.369 e. The maximum absolute atomic E-state index is 12.8. The van der Waals surface area contributed by atoms with Crippen molar-refractivity contribution in [1.29, 1.82) is 0 Å². The van der Waals surface area contributed by atoms with E-state index in [1.165, 1.54) is 12.8 Å². The average molecular weight is 289 g/mol. The van der Waals surface area contributed by atoms with Crippen molar-refractivity contribution in [3.8, 4) is 0 Å². The monoisotopic (exact) mass is 289 g/mol. The maximum atomic E-state index is 12.8. The first kappa shape index (κ1) is 15.8. The highest BCUT2D eigenvalue weighted by molar-refractivity contribution is 5.98. The third kappa shape index (κ3) is 3.96. The molecule has 2 atom stereocenters. The summed E-state index contributed by atoms with van der Waals surface area (Å²) < 4.78 is 0. The van der Waals surface area contributed by atoms with Crippen LogP contribution in [0.2, 0.25) is 0 Å². The smallest absolute Gasteiger partial charge is 0.257 e. The molecule has 0 aliphatic heterocycles. The second-order valence-corrected chi connectivity index (χ2v) is 6.17. The number of anilines is 1. The average Bonchev–Trinajstić information content (AvgIpc) is 2.51. The molecule has 4 heteroatoms. The molecule has 1 aromatic heterocycles. The molecule has 2 rings (SSSR count). The lowest BCUT2D eigenvalue weighted by molar-refractivity contribution is 0.0673. The van der Waals surface area contributed by atoms with Crippen LogP contribution in [0.25, 0.3) is 0 Å². The number of nitrogens with zero attached hydrogens (tertiary/aromatic N) is 2. The first-order chi connectivity index (χ1) is 10.1. The standard InChI is InChI=1S/C17H27N3O/c1-4-10-18-16-15(9-6-11-19-16)17(21)20(3)14-8-5-7-13(2)12-14/h6,9,11,13-14H,4-5,7-8,10,12H2,1-3H3,(H,18,19). The Morgan fingerprint density at radius 3 is 3.00 bits per heavy atom. The topological polar surface area (TPSA) is 45.2 Å². The van der Waals surface area contributed by atoms with Crippen LogP contribution in [0.4, 0.5) is 5.82 Å². The van der Waals surface area contributed by atoms with E-state index in [4.69, 9.17) is 0 Å². The van der Waals surface area contributed by atoms with Gasteiger partial charge in [-0.3, -0.25) is 4.79 Å². The lowest BCUT2D eigenvalue weighted by atomic mass is 9.86. The Labute approximate surface area is 127 Å². The van der Waals surface area contributed by atoms with E-state index in [1.54, 1.807) is 6.20 Å². The number of nitrogens with one attached hydrogen (secondary N) is 1. The molecule has 1 amide bonds. The minimum atomic E-state index is 0.0841. The van der Waals surface area contributed by atoms with Gasteiger partial charge in [0.05, 0.1) is 5.56 Å². The Balaban J connectivity index is 2.11. The molecule has 1 saturated carbocycles. The summed E-state index contributed by atoms with van der Waals surface area (Å²) in [5.74, 6) is 1.51. The van der Waals surface area contributed by atoms with E-state index in [-0.39, 0.29) is 5.91 Å². The van der Waals surface area contributed by atoms with Gasteiger partial charge in [0.2, 0.25) is 0 Å². The third-order valence-electron chi connectivity index (χ3n) is 4.36. The van der Waals surface area contributed by atoms with Crippen molar-refractivity contribution in [3.63, 3.8) is 0 Å². The first-order valence-electron chi connectivity index (χ1n) is 8.09. The van der Waals surface area contributed by atoms with Gasteiger partial charge < -0.3 is 10.2 Å². The fourth-order valence-corrected chi connectivity index (χ4v) is 3.07. The highest BCUT2D eigenvalue weighted by Crippen LogP contribution is 2.28. The number of hydrogen-bond acceptors (Lipinski definition) is 3. The molecule has 1 N–H and O–H groups in total. The van der Waals surface area contributed by atoms with Gasteiger partial charge >= 0.3 is 0 Å². The molecular formula is C17H27N3O. The molecule has 2 unspecified atom stereocenters. The largest absolute Gasteiger partial charge is 0.369 e. The predicted octanol–water partition coefficient (Wildman–Crippen LogP) is 3.55. The van der Waals surface area contributed by atoms with Crippen molar-refractivity contribution in [1.82, 2.24) is 9.88 Å². The summed E-state index contributed by atoms with van der Waals surface area (Å²) >= 11 is 0. The fourth-order valence-electron chi connectivity index (χ4n) is 3.07. The Morgan fingerprint density at radius 1 is 1.48 bits per heavy atom. The maximum Gasteiger partial charge on any atom is 0.257 e. The molecule has 0 spiro atoms. The van der Waals surface area contributed by atoms with E-state index >= 15 is 0 Å². The molecule has 0 radical (unpaired) electrons. The SMILES string of the molecule is CCCNc1ncccc1C(=O)N(C)C1CCCC(C)C1. The summed E-state index contributed by atoms with van der Waals surface area (Å²) in [5.41, 5.74) is 0.687. The molecule has 1 aromatic rings.